The number of nitrogens with zero attached hydrogens (tertiary/aromatic N) is 1. The third kappa shape index (κ3) is 6.13. The largest absolute Gasteiger partial charge is 0.454 e. The van der Waals surface area contributed by atoms with Gasteiger partial charge in [-0.25, -0.2) is 13.2 Å². The SMILES string of the molecule is CC(=O)OC1(CNCC2CCCCC2)CN(C(=O)c2ccc(F)c(F)c2Nc2ccc(I)cc2F)C1. The summed E-state index contributed by atoms with van der Waals surface area (Å²) in [4.78, 5) is 26.5. The van der Waals surface area contributed by atoms with E-state index in [4.69, 9.17) is 4.74 Å². The van der Waals surface area contributed by atoms with Gasteiger partial charge in [-0.1, -0.05) is 19.3 Å². The van der Waals surface area contributed by atoms with E-state index in [1.165, 1.54) is 62.1 Å². The molecule has 0 unspecified atom stereocenters. The van der Waals surface area contributed by atoms with Crippen molar-refractivity contribution in [1.29, 1.82) is 0 Å². The summed E-state index contributed by atoms with van der Waals surface area (Å²) in [7, 11) is 0. The van der Waals surface area contributed by atoms with Crippen molar-refractivity contribution in [3.63, 3.8) is 0 Å². The molecule has 2 aromatic carbocycles. The Morgan fingerprint density at radius 3 is 2.47 bits per heavy atom. The maximum atomic E-state index is 14.8. The number of esters is 1. The molecule has 10 heteroatoms. The number of carbonyl (C=O) groups is 2. The number of hydrogen-bond donors (Lipinski definition) is 2. The van der Waals surface area contributed by atoms with Gasteiger partial charge in [0.15, 0.2) is 17.2 Å². The second kappa shape index (κ2) is 11.4. The lowest BCUT2D eigenvalue weighted by Gasteiger charge is -2.49. The van der Waals surface area contributed by atoms with Crippen LogP contribution in [0.15, 0.2) is 30.3 Å². The first-order valence-corrected chi connectivity index (χ1v) is 13.1. The van der Waals surface area contributed by atoms with E-state index in [2.05, 4.69) is 10.6 Å². The van der Waals surface area contributed by atoms with E-state index in [1.54, 1.807) is 6.07 Å². The van der Waals surface area contributed by atoms with Crippen molar-refractivity contribution in [2.75, 3.05) is 31.5 Å². The Bertz CT molecular complexity index is 1130. The minimum Gasteiger partial charge on any atom is -0.454 e. The number of likely N-dealkylation sites (tertiary alicyclic amines) is 1. The van der Waals surface area contributed by atoms with Gasteiger partial charge < -0.3 is 20.3 Å². The summed E-state index contributed by atoms with van der Waals surface area (Å²) in [6.45, 7) is 2.75. The van der Waals surface area contributed by atoms with Gasteiger partial charge in [-0.15, -0.1) is 0 Å². The van der Waals surface area contributed by atoms with E-state index in [0.717, 1.165) is 12.6 Å². The molecule has 6 nitrogen and oxygen atoms in total. The Balaban J connectivity index is 1.48. The molecular weight excluding hydrogens is 586 g/mol. The van der Waals surface area contributed by atoms with Gasteiger partial charge in [-0.2, -0.15) is 0 Å². The van der Waals surface area contributed by atoms with Gasteiger partial charge in [0.05, 0.1) is 30.0 Å². The van der Waals surface area contributed by atoms with Crippen LogP contribution in [0.25, 0.3) is 0 Å². The molecule has 36 heavy (non-hydrogen) atoms. The monoisotopic (exact) mass is 615 g/mol. The smallest absolute Gasteiger partial charge is 0.303 e. The van der Waals surface area contributed by atoms with E-state index in [0.29, 0.717) is 16.0 Å². The lowest BCUT2D eigenvalue weighted by molar-refractivity contribution is -0.172. The molecule has 1 saturated heterocycles. The molecule has 0 spiro atoms. The highest BCUT2D eigenvalue weighted by Gasteiger charge is 2.48. The topological polar surface area (TPSA) is 70.7 Å². The Morgan fingerprint density at radius 1 is 1.08 bits per heavy atom. The maximum absolute atomic E-state index is 14.8. The van der Waals surface area contributed by atoms with Crippen molar-refractivity contribution in [2.24, 2.45) is 5.92 Å². The average Bonchev–Trinajstić information content (AvgIpc) is 2.81. The van der Waals surface area contributed by atoms with Gasteiger partial charge in [0.1, 0.15) is 5.82 Å². The van der Waals surface area contributed by atoms with Crippen LogP contribution in [0.2, 0.25) is 0 Å². The number of anilines is 2. The molecule has 2 aromatic rings. The van der Waals surface area contributed by atoms with Crippen LogP contribution in [-0.4, -0.2) is 48.6 Å². The molecule has 1 saturated carbocycles. The quantitative estimate of drug-likeness (QED) is 0.309. The molecule has 0 atom stereocenters. The van der Waals surface area contributed by atoms with E-state index in [9.17, 15) is 22.8 Å². The highest BCUT2D eigenvalue weighted by Crippen LogP contribution is 2.33. The average molecular weight is 615 g/mol. The van der Waals surface area contributed by atoms with Crippen molar-refractivity contribution in [3.05, 3.63) is 56.9 Å². The molecule has 0 aromatic heterocycles. The first-order valence-electron chi connectivity index (χ1n) is 12.1. The lowest BCUT2D eigenvalue weighted by Crippen LogP contribution is -2.69. The summed E-state index contributed by atoms with van der Waals surface area (Å²) in [5, 5.41) is 5.94. The lowest BCUT2D eigenvalue weighted by atomic mass is 9.88. The van der Waals surface area contributed by atoms with Gasteiger partial charge in [0.25, 0.3) is 5.91 Å². The minimum atomic E-state index is -1.28. The summed E-state index contributed by atoms with van der Waals surface area (Å²) >= 11 is 1.93. The van der Waals surface area contributed by atoms with Gasteiger partial charge in [-0.3, -0.25) is 9.59 Å². The van der Waals surface area contributed by atoms with Crippen LogP contribution >= 0.6 is 22.6 Å². The predicted molar refractivity (Wildman–Crippen MR) is 139 cm³/mol. The van der Waals surface area contributed by atoms with Crippen LogP contribution in [0.1, 0.15) is 49.4 Å². The molecule has 2 N–H and O–H groups in total. The zero-order valence-corrected chi connectivity index (χ0v) is 22.2. The number of ether oxygens (including phenoxy) is 1. The molecule has 4 rings (SSSR count). The second-order valence-corrected chi connectivity index (χ2v) is 10.9. The summed E-state index contributed by atoms with van der Waals surface area (Å²) in [5.74, 6) is -3.54. The molecular formula is C26H29F3IN3O3. The second-order valence-electron chi connectivity index (χ2n) is 9.61. The normalized spacial score (nSPS) is 17.4. The van der Waals surface area contributed by atoms with E-state index in [-0.39, 0.29) is 24.3 Å². The molecule has 1 aliphatic heterocycles. The molecule has 0 bridgehead atoms. The first-order chi connectivity index (χ1) is 17.2. The van der Waals surface area contributed by atoms with Crippen LogP contribution in [0, 0.1) is 26.9 Å². The molecule has 0 radical (unpaired) electrons. The number of nitrogens with one attached hydrogen (secondary N) is 2. The van der Waals surface area contributed by atoms with E-state index in [1.807, 2.05) is 22.6 Å². The third-order valence-corrected chi connectivity index (χ3v) is 7.40. The van der Waals surface area contributed by atoms with E-state index < -0.39 is 40.6 Å². The van der Waals surface area contributed by atoms with Crippen molar-refractivity contribution >= 4 is 45.8 Å². The van der Waals surface area contributed by atoms with Gasteiger partial charge in [0.2, 0.25) is 0 Å². The number of amides is 1. The summed E-state index contributed by atoms with van der Waals surface area (Å²) in [6, 6.07) is 6.27. The molecule has 2 fully saturated rings. The summed E-state index contributed by atoms with van der Waals surface area (Å²) in [5.41, 5.74) is -1.55. The van der Waals surface area contributed by atoms with Crippen molar-refractivity contribution in [2.45, 2.75) is 44.6 Å². The van der Waals surface area contributed by atoms with Crippen molar-refractivity contribution in [1.82, 2.24) is 10.2 Å². The molecule has 1 heterocycles. The van der Waals surface area contributed by atoms with E-state index >= 15 is 0 Å². The Hall–Kier alpha value is -2.34. The standard InChI is InChI=1S/C26H29F3IN3O3/c1-16(34)36-26(13-31-12-17-5-3-2-4-6-17)14-33(15-26)25(35)19-8-9-20(27)23(29)24(19)32-22-10-7-18(30)11-21(22)28/h7-11,17,31-32H,2-6,12-15H2,1H3. The van der Waals surface area contributed by atoms with Gasteiger partial charge in [-0.05, 0) is 78.2 Å². The summed E-state index contributed by atoms with van der Waals surface area (Å²) < 4.78 is 49.4. The van der Waals surface area contributed by atoms with Crippen LogP contribution in [0.4, 0.5) is 24.5 Å². The number of halogens is 4. The molecule has 194 valence electrons. The minimum absolute atomic E-state index is 0.0845. The number of benzene rings is 2. The van der Waals surface area contributed by atoms with Crippen LogP contribution in [0.3, 0.4) is 0 Å². The van der Waals surface area contributed by atoms with Crippen LogP contribution in [-0.2, 0) is 9.53 Å². The van der Waals surface area contributed by atoms with Gasteiger partial charge >= 0.3 is 5.97 Å². The van der Waals surface area contributed by atoms with Gasteiger partial charge in [0, 0.05) is 17.0 Å². The van der Waals surface area contributed by atoms with Crippen molar-refractivity contribution < 1.29 is 27.5 Å². The van der Waals surface area contributed by atoms with Crippen LogP contribution in [0.5, 0.6) is 0 Å². The highest BCUT2D eigenvalue weighted by atomic mass is 127. The zero-order valence-electron chi connectivity index (χ0n) is 20.0. The Labute approximate surface area is 222 Å². The first kappa shape index (κ1) is 26.7. The Morgan fingerprint density at radius 2 is 1.81 bits per heavy atom. The predicted octanol–water partition coefficient (Wildman–Crippen LogP) is 5.38. The van der Waals surface area contributed by atoms with Crippen LogP contribution < -0.4 is 10.6 Å². The van der Waals surface area contributed by atoms with Crippen molar-refractivity contribution in [3.8, 4) is 0 Å². The number of rotatable bonds is 8. The zero-order chi connectivity index (χ0) is 25.9. The molecule has 2 aliphatic rings. The number of hydrogen-bond acceptors (Lipinski definition) is 5. The fraction of sp³-hybridized carbons (Fsp3) is 0.462. The fourth-order valence-corrected chi connectivity index (χ4v) is 5.41. The summed E-state index contributed by atoms with van der Waals surface area (Å²) in [6.07, 6.45) is 6.05. The maximum Gasteiger partial charge on any atom is 0.303 e. The highest BCUT2D eigenvalue weighted by molar-refractivity contribution is 14.1. The third-order valence-electron chi connectivity index (χ3n) is 6.73. The number of carbonyl (C=O) groups excluding carboxylic acids is 2. The molecule has 1 amide bonds. The Kier molecular flexibility index (Phi) is 8.44. The molecule has 1 aliphatic carbocycles. The fourth-order valence-electron chi connectivity index (χ4n) is 4.95.